The van der Waals surface area contributed by atoms with Gasteiger partial charge in [0, 0.05) is 13.5 Å². The average molecular weight is 674 g/mol. The number of rotatable bonds is 17. The average Bonchev–Trinajstić information content (AvgIpc) is 3.37. The van der Waals surface area contributed by atoms with Crippen LogP contribution in [0.5, 0.6) is 0 Å². The van der Waals surface area contributed by atoms with Crippen molar-refractivity contribution in [2.24, 2.45) is 46.3 Å². The zero-order valence-corrected chi connectivity index (χ0v) is 31.5. The summed E-state index contributed by atoms with van der Waals surface area (Å²) in [6.45, 7) is 18.0. The molecule has 0 N–H and O–H groups in total. The molecule has 0 amide bonds. The van der Waals surface area contributed by atoms with Crippen LogP contribution in [0.2, 0.25) is 0 Å². The van der Waals surface area contributed by atoms with Gasteiger partial charge in [0.1, 0.15) is 6.10 Å². The van der Waals surface area contributed by atoms with E-state index in [4.69, 9.17) is 18.9 Å². The van der Waals surface area contributed by atoms with Crippen LogP contribution in [0.25, 0.3) is 0 Å². The van der Waals surface area contributed by atoms with E-state index >= 15 is 0 Å². The van der Waals surface area contributed by atoms with Gasteiger partial charge in [-0.2, -0.15) is 0 Å². The molecule has 4 aliphatic rings. The van der Waals surface area contributed by atoms with Gasteiger partial charge >= 0.3 is 17.9 Å². The van der Waals surface area contributed by atoms with E-state index in [0.717, 1.165) is 54.8 Å². The highest BCUT2D eigenvalue weighted by atomic mass is 16.6. The van der Waals surface area contributed by atoms with E-state index in [1.807, 2.05) is 0 Å². The van der Waals surface area contributed by atoms with Gasteiger partial charge in [-0.15, -0.1) is 0 Å². The van der Waals surface area contributed by atoms with Crippen molar-refractivity contribution in [1.82, 2.24) is 4.90 Å². The first kappa shape index (κ1) is 38.9. The summed E-state index contributed by atoms with van der Waals surface area (Å²) in [7, 11) is 0. The third kappa shape index (κ3) is 9.44. The Labute approximate surface area is 291 Å². The smallest absolute Gasteiger partial charge is 0.320 e. The van der Waals surface area contributed by atoms with Crippen LogP contribution in [-0.4, -0.2) is 74.5 Å². The van der Waals surface area contributed by atoms with Crippen molar-refractivity contribution in [1.29, 1.82) is 0 Å². The van der Waals surface area contributed by atoms with Gasteiger partial charge in [0.2, 0.25) is 0 Å². The molecule has 4 unspecified atom stereocenters. The Morgan fingerprint density at radius 1 is 0.917 bits per heavy atom. The van der Waals surface area contributed by atoms with Crippen molar-refractivity contribution in [2.45, 2.75) is 138 Å². The topological polar surface area (TPSA) is 91.4 Å². The predicted octanol–water partition coefficient (Wildman–Crippen LogP) is 7.77. The van der Waals surface area contributed by atoms with Gasteiger partial charge in [0.15, 0.2) is 0 Å². The molecule has 0 aliphatic heterocycles. The summed E-state index contributed by atoms with van der Waals surface area (Å²) in [5, 5.41) is 0. The van der Waals surface area contributed by atoms with E-state index in [2.05, 4.69) is 40.7 Å². The first-order valence-electron chi connectivity index (χ1n) is 19.3. The lowest BCUT2D eigenvalue weighted by Gasteiger charge is -2.58. The van der Waals surface area contributed by atoms with Crippen molar-refractivity contribution >= 4 is 17.9 Å². The SMILES string of the molecule is CCOC(=O)CN(CC(=O)OCC)CC(CO[C@H]1CC[C@@]2(C)C(=CCC3C2CC[C@@]2(C)C3CC[C@@H]2[C@H](C)CCCC(C)C)C1)OC(C)=O. The highest BCUT2D eigenvalue weighted by Gasteiger charge is 2.59. The molecule has 0 spiro atoms. The van der Waals surface area contributed by atoms with E-state index < -0.39 is 24.0 Å². The zero-order chi connectivity index (χ0) is 35.1. The highest BCUT2D eigenvalue weighted by Crippen LogP contribution is 2.67. The highest BCUT2D eigenvalue weighted by molar-refractivity contribution is 5.75. The van der Waals surface area contributed by atoms with Gasteiger partial charge in [-0.3, -0.25) is 19.3 Å². The lowest BCUT2D eigenvalue weighted by molar-refractivity contribution is -0.155. The molecule has 9 atom stereocenters. The van der Waals surface area contributed by atoms with Gasteiger partial charge in [0.05, 0.1) is 39.0 Å². The number of carbonyl (C=O) groups excluding carboxylic acids is 3. The Morgan fingerprint density at radius 3 is 2.23 bits per heavy atom. The van der Waals surface area contributed by atoms with Gasteiger partial charge in [-0.05, 0) is 112 Å². The summed E-state index contributed by atoms with van der Waals surface area (Å²) in [6.07, 6.45) is 15.9. The van der Waals surface area contributed by atoms with Gasteiger partial charge in [-0.1, -0.05) is 65.5 Å². The molecular weight excluding hydrogens is 606 g/mol. The van der Waals surface area contributed by atoms with Crippen molar-refractivity contribution < 1.29 is 33.3 Å². The van der Waals surface area contributed by atoms with Crippen LogP contribution in [0.3, 0.4) is 0 Å². The largest absolute Gasteiger partial charge is 0.465 e. The number of carbonyl (C=O) groups is 3. The second kappa shape index (κ2) is 17.3. The Hall–Kier alpha value is -1.93. The molecule has 274 valence electrons. The van der Waals surface area contributed by atoms with E-state index in [9.17, 15) is 14.4 Å². The summed E-state index contributed by atoms with van der Waals surface area (Å²) in [5.74, 6) is 3.58. The molecule has 0 heterocycles. The van der Waals surface area contributed by atoms with Crippen molar-refractivity contribution in [3.05, 3.63) is 11.6 Å². The van der Waals surface area contributed by atoms with Crippen molar-refractivity contribution in [3.63, 3.8) is 0 Å². The van der Waals surface area contributed by atoms with Gasteiger partial charge in [-0.25, -0.2) is 0 Å². The second-order valence-electron chi connectivity index (χ2n) is 16.5. The minimum absolute atomic E-state index is 0.0545. The number of hydrogen-bond donors (Lipinski definition) is 0. The van der Waals surface area contributed by atoms with Crippen LogP contribution in [-0.2, 0) is 33.3 Å². The molecule has 0 saturated heterocycles. The van der Waals surface area contributed by atoms with Crippen LogP contribution in [0.4, 0.5) is 0 Å². The van der Waals surface area contributed by atoms with E-state index in [0.29, 0.717) is 5.41 Å². The van der Waals surface area contributed by atoms with Crippen LogP contribution in [0.15, 0.2) is 11.6 Å². The summed E-state index contributed by atoms with van der Waals surface area (Å²) in [5.41, 5.74) is 2.28. The molecule has 3 saturated carbocycles. The number of esters is 3. The van der Waals surface area contributed by atoms with E-state index in [1.54, 1.807) is 24.3 Å². The third-order valence-electron chi connectivity index (χ3n) is 12.9. The fraction of sp³-hybridized carbons (Fsp3) is 0.875. The minimum Gasteiger partial charge on any atom is -0.465 e. The monoisotopic (exact) mass is 673 g/mol. The summed E-state index contributed by atoms with van der Waals surface area (Å²) < 4.78 is 22.3. The summed E-state index contributed by atoms with van der Waals surface area (Å²) in [6, 6.07) is 0. The summed E-state index contributed by atoms with van der Waals surface area (Å²) in [4.78, 5) is 38.2. The second-order valence-corrected chi connectivity index (χ2v) is 16.5. The number of hydrogen-bond acceptors (Lipinski definition) is 8. The fourth-order valence-electron chi connectivity index (χ4n) is 10.6. The molecular formula is C40H67NO7. The Balaban J connectivity index is 1.37. The lowest BCUT2D eigenvalue weighted by Crippen LogP contribution is -2.51. The molecule has 0 radical (unpaired) electrons. The van der Waals surface area contributed by atoms with E-state index in [-0.39, 0.29) is 51.0 Å². The standard InChI is InChI=1S/C40H67NO7/c1-9-45-37(43)24-41(25-38(44)46-10-2)23-32(48-29(6)42)26-47-31-18-20-39(7)30(22-31)14-15-33-35-17-16-34(28(5)13-11-12-27(3)4)40(35,8)21-19-36(33)39/h14,27-28,31-36H,9-13,15-26H2,1-8H3/t28-,31+,32?,33?,34-,35?,36?,39+,40-/m1/s1. The molecule has 48 heavy (non-hydrogen) atoms. The number of allylic oxidation sites excluding steroid dienone is 1. The zero-order valence-electron chi connectivity index (χ0n) is 31.5. The van der Waals surface area contributed by atoms with Crippen molar-refractivity contribution in [3.8, 4) is 0 Å². The first-order valence-corrected chi connectivity index (χ1v) is 19.3. The van der Waals surface area contributed by atoms with Crippen LogP contribution < -0.4 is 0 Å². The summed E-state index contributed by atoms with van der Waals surface area (Å²) >= 11 is 0. The molecule has 4 rings (SSSR count). The number of nitrogens with zero attached hydrogens (tertiary/aromatic N) is 1. The molecule has 0 aromatic heterocycles. The van der Waals surface area contributed by atoms with Crippen LogP contribution in [0, 0.1) is 46.3 Å². The molecule has 0 aromatic rings. The fourth-order valence-corrected chi connectivity index (χ4v) is 10.6. The van der Waals surface area contributed by atoms with Crippen LogP contribution >= 0.6 is 0 Å². The first-order chi connectivity index (χ1) is 22.8. The maximum absolute atomic E-state index is 12.3. The molecule has 4 aliphatic carbocycles. The van der Waals surface area contributed by atoms with Crippen LogP contribution in [0.1, 0.15) is 126 Å². The molecule has 3 fully saturated rings. The molecule has 8 heteroatoms. The van der Waals surface area contributed by atoms with Gasteiger partial charge < -0.3 is 18.9 Å². The molecule has 8 nitrogen and oxygen atoms in total. The van der Waals surface area contributed by atoms with Gasteiger partial charge in [0.25, 0.3) is 0 Å². The third-order valence-corrected chi connectivity index (χ3v) is 12.9. The minimum atomic E-state index is -0.622. The van der Waals surface area contributed by atoms with E-state index in [1.165, 1.54) is 58.3 Å². The molecule has 0 bridgehead atoms. The number of fused-ring (bicyclic) bond motifs is 5. The Bertz CT molecular complexity index is 1100. The Kier molecular flexibility index (Phi) is 14.0. The Morgan fingerprint density at radius 2 is 1.60 bits per heavy atom. The lowest BCUT2D eigenvalue weighted by atomic mass is 9.47. The quantitative estimate of drug-likeness (QED) is 0.0879. The maximum atomic E-state index is 12.3. The predicted molar refractivity (Wildman–Crippen MR) is 188 cm³/mol. The number of ether oxygens (including phenoxy) is 4. The normalized spacial score (nSPS) is 32.5. The maximum Gasteiger partial charge on any atom is 0.320 e. The van der Waals surface area contributed by atoms with Crippen molar-refractivity contribution in [2.75, 3.05) is 39.5 Å². The molecule has 0 aromatic carbocycles.